The van der Waals surface area contributed by atoms with Crippen molar-refractivity contribution in [3.8, 4) is 0 Å². The van der Waals surface area contributed by atoms with Crippen LogP contribution in [0.25, 0.3) is 0 Å². The van der Waals surface area contributed by atoms with Crippen LogP contribution in [0, 0.1) is 0 Å². The Kier molecular flexibility index (Phi) is 3.30. The molecule has 0 N–H and O–H groups in total. The van der Waals surface area contributed by atoms with E-state index < -0.39 is 0 Å². The Balaban J connectivity index is 2.74. The maximum Gasteiger partial charge on any atom is 0.128 e. The highest BCUT2D eigenvalue weighted by Crippen LogP contribution is 2.00. The maximum absolute atomic E-state index is 5.61. The Morgan fingerprint density at radius 2 is 2.36 bits per heavy atom. The van der Waals surface area contributed by atoms with Gasteiger partial charge < -0.3 is 0 Å². The van der Waals surface area contributed by atoms with Crippen molar-refractivity contribution < 1.29 is 0 Å². The average molecular weight is 171 g/mol. The third-order valence-electron chi connectivity index (χ3n) is 1.37. The van der Waals surface area contributed by atoms with E-state index in [9.17, 15) is 0 Å². The lowest BCUT2D eigenvalue weighted by Gasteiger charge is -1.97. The molecular weight excluding hydrogens is 160 g/mol. The summed E-state index contributed by atoms with van der Waals surface area (Å²) in [7, 11) is 0. The van der Waals surface area contributed by atoms with E-state index in [2.05, 4.69) is 16.9 Å². The number of alkyl halides is 1. The molecule has 0 radical (unpaired) electrons. The van der Waals surface area contributed by atoms with Gasteiger partial charge in [0.2, 0.25) is 0 Å². The van der Waals surface area contributed by atoms with E-state index in [4.69, 9.17) is 11.6 Å². The number of hydrogen-bond acceptors (Lipinski definition) is 2. The molecule has 0 fully saturated rings. The molecule has 0 saturated heterocycles. The van der Waals surface area contributed by atoms with Gasteiger partial charge in [0.25, 0.3) is 0 Å². The molecule has 60 valence electrons. The topological polar surface area (TPSA) is 25.8 Å². The van der Waals surface area contributed by atoms with Crippen molar-refractivity contribution in [1.29, 1.82) is 0 Å². The Bertz CT molecular complexity index is 225. The van der Waals surface area contributed by atoms with E-state index in [1.165, 1.54) is 0 Å². The zero-order valence-corrected chi connectivity index (χ0v) is 7.30. The minimum atomic E-state index is 0.471. The summed E-state index contributed by atoms with van der Waals surface area (Å²) in [5, 5.41) is 0. The van der Waals surface area contributed by atoms with Gasteiger partial charge in [-0.25, -0.2) is 9.97 Å². The summed E-state index contributed by atoms with van der Waals surface area (Å²) in [4.78, 5) is 8.35. The fourth-order valence-electron chi connectivity index (χ4n) is 0.860. The first-order valence-corrected chi connectivity index (χ1v) is 4.27. The minimum Gasteiger partial charge on any atom is -0.241 e. The van der Waals surface area contributed by atoms with E-state index in [1.807, 2.05) is 6.07 Å². The Hall–Kier alpha value is -0.630. The first-order chi connectivity index (χ1) is 5.36. The molecule has 3 heteroatoms. The van der Waals surface area contributed by atoms with Crippen molar-refractivity contribution in [2.45, 2.75) is 25.6 Å². The monoisotopic (exact) mass is 170 g/mol. The molecular formula is C8H11ClN2. The highest BCUT2D eigenvalue weighted by molar-refractivity contribution is 6.16. The van der Waals surface area contributed by atoms with Crippen LogP contribution in [-0.4, -0.2) is 9.97 Å². The van der Waals surface area contributed by atoms with Gasteiger partial charge in [-0.05, 0) is 12.5 Å². The lowest BCUT2D eigenvalue weighted by Crippen LogP contribution is -1.96. The van der Waals surface area contributed by atoms with Crippen molar-refractivity contribution in [1.82, 2.24) is 9.97 Å². The van der Waals surface area contributed by atoms with E-state index in [0.29, 0.717) is 5.88 Å². The number of aryl methyl sites for hydroxylation is 1. The number of halogens is 1. The summed E-state index contributed by atoms with van der Waals surface area (Å²) in [5.41, 5.74) is 0.908. The van der Waals surface area contributed by atoms with Gasteiger partial charge in [-0.15, -0.1) is 11.6 Å². The molecule has 0 atom stereocenters. The second kappa shape index (κ2) is 4.29. The van der Waals surface area contributed by atoms with Gasteiger partial charge >= 0.3 is 0 Å². The van der Waals surface area contributed by atoms with Crippen molar-refractivity contribution in [2.75, 3.05) is 0 Å². The number of aromatic nitrogens is 2. The molecule has 1 aromatic rings. The Labute approximate surface area is 71.6 Å². The quantitative estimate of drug-likeness (QED) is 0.650. The van der Waals surface area contributed by atoms with Crippen LogP contribution in [0.15, 0.2) is 12.3 Å². The molecule has 1 aromatic heterocycles. The largest absolute Gasteiger partial charge is 0.241 e. The van der Waals surface area contributed by atoms with Crippen LogP contribution in [0.4, 0.5) is 0 Å². The van der Waals surface area contributed by atoms with Gasteiger partial charge in [-0.3, -0.25) is 0 Å². The molecule has 0 unspecified atom stereocenters. The van der Waals surface area contributed by atoms with E-state index in [0.717, 1.165) is 24.4 Å². The second-order valence-electron chi connectivity index (χ2n) is 2.35. The number of hydrogen-bond donors (Lipinski definition) is 0. The predicted octanol–water partition coefficient (Wildman–Crippen LogP) is 2.17. The zero-order chi connectivity index (χ0) is 8.10. The molecule has 0 spiro atoms. The van der Waals surface area contributed by atoms with E-state index in [-0.39, 0.29) is 0 Å². The lowest BCUT2D eigenvalue weighted by molar-refractivity contribution is 0.823. The second-order valence-corrected chi connectivity index (χ2v) is 2.62. The van der Waals surface area contributed by atoms with Crippen LogP contribution in [0.2, 0.25) is 0 Å². The van der Waals surface area contributed by atoms with Gasteiger partial charge in [0, 0.05) is 12.6 Å². The van der Waals surface area contributed by atoms with Crippen LogP contribution in [0.1, 0.15) is 24.9 Å². The molecule has 0 bridgehead atoms. The van der Waals surface area contributed by atoms with Crippen molar-refractivity contribution in [3.05, 3.63) is 23.8 Å². The zero-order valence-electron chi connectivity index (χ0n) is 6.55. The van der Waals surface area contributed by atoms with Gasteiger partial charge in [0.05, 0.1) is 11.6 Å². The molecule has 1 rings (SSSR count). The summed E-state index contributed by atoms with van der Waals surface area (Å²) >= 11 is 5.61. The maximum atomic E-state index is 5.61. The summed E-state index contributed by atoms with van der Waals surface area (Å²) in [5.74, 6) is 1.37. The summed E-state index contributed by atoms with van der Waals surface area (Å²) in [6.07, 6.45) is 3.77. The van der Waals surface area contributed by atoms with Gasteiger partial charge in [-0.1, -0.05) is 6.92 Å². The molecule has 0 aliphatic carbocycles. The third-order valence-corrected chi connectivity index (χ3v) is 1.65. The minimum absolute atomic E-state index is 0.471. The van der Waals surface area contributed by atoms with Crippen molar-refractivity contribution in [3.63, 3.8) is 0 Å². The van der Waals surface area contributed by atoms with Crippen LogP contribution in [-0.2, 0) is 12.3 Å². The molecule has 0 saturated carbocycles. The van der Waals surface area contributed by atoms with E-state index >= 15 is 0 Å². The summed E-state index contributed by atoms with van der Waals surface area (Å²) < 4.78 is 0. The van der Waals surface area contributed by atoms with Crippen LogP contribution >= 0.6 is 11.6 Å². The normalized spacial score (nSPS) is 10.0. The molecule has 11 heavy (non-hydrogen) atoms. The molecule has 1 heterocycles. The third kappa shape index (κ3) is 2.46. The van der Waals surface area contributed by atoms with Crippen molar-refractivity contribution in [2.24, 2.45) is 0 Å². The van der Waals surface area contributed by atoms with Crippen LogP contribution in [0.3, 0.4) is 0 Å². The average Bonchev–Trinajstić information content (AvgIpc) is 2.06. The summed E-state index contributed by atoms with van der Waals surface area (Å²) in [6.45, 7) is 2.11. The molecule has 0 aromatic carbocycles. The van der Waals surface area contributed by atoms with Gasteiger partial charge in [0.15, 0.2) is 0 Å². The molecule has 0 amide bonds. The van der Waals surface area contributed by atoms with Crippen molar-refractivity contribution >= 4 is 11.6 Å². The highest BCUT2D eigenvalue weighted by atomic mass is 35.5. The standard InChI is InChI=1S/C8H11ClN2/c1-2-3-8-10-5-4-7(6-9)11-8/h4-5H,2-3,6H2,1H3. The van der Waals surface area contributed by atoms with Gasteiger partial charge in [-0.2, -0.15) is 0 Å². The summed E-state index contributed by atoms with van der Waals surface area (Å²) in [6, 6.07) is 1.84. The number of nitrogens with zero attached hydrogens (tertiary/aromatic N) is 2. The molecule has 0 aliphatic heterocycles. The highest BCUT2D eigenvalue weighted by Gasteiger charge is 1.95. The fourth-order valence-corrected chi connectivity index (χ4v) is 1.01. The smallest absolute Gasteiger partial charge is 0.128 e. The fraction of sp³-hybridized carbons (Fsp3) is 0.500. The molecule has 2 nitrogen and oxygen atoms in total. The Morgan fingerprint density at radius 3 is 3.00 bits per heavy atom. The lowest BCUT2D eigenvalue weighted by atomic mass is 10.3. The van der Waals surface area contributed by atoms with E-state index in [1.54, 1.807) is 6.20 Å². The van der Waals surface area contributed by atoms with Gasteiger partial charge in [0.1, 0.15) is 5.82 Å². The molecule has 0 aliphatic rings. The predicted molar refractivity (Wildman–Crippen MR) is 45.6 cm³/mol. The van der Waals surface area contributed by atoms with Crippen LogP contribution < -0.4 is 0 Å². The number of rotatable bonds is 3. The SMILES string of the molecule is CCCc1nccc(CCl)n1. The van der Waals surface area contributed by atoms with Crippen LogP contribution in [0.5, 0.6) is 0 Å². The first kappa shape index (κ1) is 8.47. The first-order valence-electron chi connectivity index (χ1n) is 3.73. The Morgan fingerprint density at radius 1 is 1.55 bits per heavy atom.